The largest absolute Gasteiger partial charge is 0.303 e. The number of rotatable bonds is 3. The molecule has 23 heavy (non-hydrogen) atoms. The Labute approximate surface area is 150 Å². The summed E-state index contributed by atoms with van der Waals surface area (Å²) in [5.74, 6) is 0.954. The van der Waals surface area contributed by atoms with Gasteiger partial charge in [-0.25, -0.2) is 4.98 Å². The maximum Gasteiger partial charge on any atom is 0.115 e. The van der Waals surface area contributed by atoms with E-state index in [-0.39, 0.29) is 20.1 Å². The van der Waals surface area contributed by atoms with Gasteiger partial charge >= 0.3 is 0 Å². The minimum atomic E-state index is 0. The molecule has 0 atom stereocenters. The molecule has 0 fully saturated rings. The summed E-state index contributed by atoms with van der Waals surface area (Å²) in [5, 5.41) is 0. The van der Waals surface area contributed by atoms with Crippen molar-refractivity contribution < 1.29 is 20.1 Å². The van der Waals surface area contributed by atoms with Crippen LogP contribution in [0.1, 0.15) is 22.5 Å². The SMILES string of the molecule is [C-]#[N+]c1cc[c-]c(Cc2nccn2-c2c(C)cccc2C)c1.[Ir]. The summed E-state index contributed by atoms with van der Waals surface area (Å²) in [5.41, 5.74) is 5.23. The Bertz CT molecular complexity index is 839. The topological polar surface area (TPSA) is 22.2 Å². The summed E-state index contributed by atoms with van der Waals surface area (Å²) in [7, 11) is 0. The Balaban J connectivity index is 0.00000192. The minimum absolute atomic E-state index is 0. The number of aryl methyl sites for hydroxylation is 2. The van der Waals surface area contributed by atoms with Gasteiger partial charge in [0.15, 0.2) is 0 Å². The van der Waals surface area contributed by atoms with E-state index in [4.69, 9.17) is 6.57 Å². The second-order valence-corrected chi connectivity index (χ2v) is 5.31. The fraction of sp³-hybridized carbons (Fsp3) is 0.158. The van der Waals surface area contributed by atoms with Crippen molar-refractivity contribution in [3.8, 4) is 5.69 Å². The molecule has 0 aliphatic carbocycles. The molecule has 1 radical (unpaired) electrons. The summed E-state index contributed by atoms with van der Waals surface area (Å²) >= 11 is 0. The maximum atomic E-state index is 7.11. The smallest absolute Gasteiger partial charge is 0.115 e. The van der Waals surface area contributed by atoms with Crippen LogP contribution in [-0.4, -0.2) is 9.55 Å². The molecule has 3 aromatic rings. The number of hydrogen-bond acceptors (Lipinski definition) is 1. The van der Waals surface area contributed by atoms with Crippen molar-refractivity contribution in [3.63, 3.8) is 0 Å². The van der Waals surface area contributed by atoms with Crippen molar-refractivity contribution in [2.75, 3.05) is 0 Å². The second kappa shape index (κ2) is 7.37. The van der Waals surface area contributed by atoms with E-state index in [0.717, 1.165) is 11.4 Å². The normalized spacial score (nSPS) is 9.96. The van der Waals surface area contributed by atoms with Crippen molar-refractivity contribution in [2.24, 2.45) is 0 Å². The molecule has 117 valence electrons. The monoisotopic (exact) mass is 479 g/mol. The molecule has 0 aliphatic heterocycles. The average molecular weight is 479 g/mol. The molecule has 0 bridgehead atoms. The zero-order valence-electron chi connectivity index (χ0n) is 13.0. The molecule has 2 aromatic carbocycles. The molecular formula is C19H16IrN3-. The zero-order chi connectivity index (χ0) is 15.5. The van der Waals surface area contributed by atoms with E-state index >= 15 is 0 Å². The molecule has 0 saturated heterocycles. The van der Waals surface area contributed by atoms with Gasteiger partial charge < -0.3 is 4.57 Å². The molecule has 3 nitrogen and oxygen atoms in total. The molecule has 0 spiro atoms. The third-order valence-electron chi connectivity index (χ3n) is 3.72. The van der Waals surface area contributed by atoms with Gasteiger partial charge in [-0.05, 0) is 25.0 Å². The summed E-state index contributed by atoms with van der Waals surface area (Å²) in [6, 6.07) is 14.9. The van der Waals surface area contributed by atoms with Crippen LogP contribution < -0.4 is 0 Å². The van der Waals surface area contributed by atoms with Crippen LogP contribution in [0, 0.1) is 26.5 Å². The van der Waals surface area contributed by atoms with Crippen LogP contribution >= 0.6 is 0 Å². The number of aromatic nitrogens is 2. The first-order chi connectivity index (χ1) is 10.7. The van der Waals surface area contributed by atoms with Crippen molar-refractivity contribution in [1.29, 1.82) is 0 Å². The molecule has 0 saturated carbocycles. The number of hydrogen-bond donors (Lipinski definition) is 0. The first-order valence-electron chi connectivity index (χ1n) is 7.16. The van der Waals surface area contributed by atoms with Gasteiger partial charge in [-0.15, -0.1) is 0 Å². The summed E-state index contributed by atoms with van der Waals surface area (Å²) < 4.78 is 2.13. The van der Waals surface area contributed by atoms with Crippen LogP contribution in [0.25, 0.3) is 10.5 Å². The molecule has 3 rings (SSSR count). The fourth-order valence-electron chi connectivity index (χ4n) is 2.70. The Hall–Kier alpha value is -2.21. The summed E-state index contributed by atoms with van der Waals surface area (Å²) in [6.45, 7) is 11.3. The molecule has 0 amide bonds. The maximum absolute atomic E-state index is 7.11. The first-order valence-corrected chi connectivity index (χ1v) is 7.16. The van der Waals surface area contributed by atoms with E-state index in [1.807, 2.05) is 18.5 Å². The predicted octanol–water partition coefficient (Wildman–Crippen LogP) is 4.43. The third-order valence-corrected chi connectivity index (χ3v) is 3.72. The number of imidazole rings is 1. The van der Waals surface area contributed by atoms with Crippen molar-refractivity contribution in [1.82, 2.24) is 9.55 Å². The first kappa shape index (κ1) is 17.1. The Kier molecular flexibility index (Phi) is 5.49. The quantitative estimate of drug-likeness (QED) is 0.511. The molecule has 1 heterocycles. The van der Waals surface area contributed by atoms with Crippen molar-refractivity contribution >= 4 is 5.69 Å². The van der Waals surface area contributed by atoms with Gasteiger partial charge in [-0.3, -0.25) is 4.85 Å². The Morgan fingerprint density at radius 3 is 2.65 bits per heavy atom. The Morgan fingerprint density at radius 1 is 1.22 bits per heavy atom. The molecule has 0 aliphatic rings. The van der Waals surface area contributed by atoms with Crippen LogP contribution in [0.15, 0.2) is 48.8 Å². The van der Waals surface area contributed by atoms with Gasteiger partial charge in [-0.1, -0.05) is 18.2 Å². The van der Waals surface area contributed by atoms with Gasteiger partial charge in [0.25, 0.3) is 0 Å². The second-order valence-electron chi connectivity index (χ2n) is 5.31. The number of benzene rings is 2. The van der Waals surface area contributed by atoms with Gasteiger partial charge in [-0.2, -0.15) is 29.8 Å². The number of nitrogens with zero attached hydrogens (tertiary/aromatic N) is 3. The predicted molar refractivity (Wildman–Crippen MR) is 87.4 cm³/mol. The number of para-hydroxylation sites is 1. The summed E-state index contributed by atoms with van der Waals surface area (Å²) in [4.78, 5) is 7.96. The van der Waals surface area contributed by atoms with Crippen LogP contribution in [-0.2, 0) is 26.5 Å². The third kappa shape index (κ3) is 3.59. The van der Waals surface area contributed by atoms with Crippen molar-refractivity contribution in [3.05, 3.63) is 88.8 Å². The van der Waals surface area contributed by atoms with Crippen LogP contribution in [0.2, 0.25) is 0 Å². The van der Waals surface area contributed by atoms with Crippen LogP contribution in [0.5, 0.6) is 0 Å². The Morgan fingerprint density at radius 2 is 1.96 bits per heavy atom. The molecule has 1 aromatic heterocycles. The standard InChI is InChI=1S/C19H16N3.Ir/c1-14-6-4-7-15(2)19(14)22-11-10-21-18(22)13-16-8-5-9-17(12-16)20-3;/h4-7,9-12H,13H2,1-2H3;/q-1;. The minimum Gasteiger partial charge on any atom is -0.303 e. The van der Waals surface area contributed by atoms with Gasteiger partial charge in [0.05, 0.1) is 17.9 Å². The van der Waals surface area contributed by atoms with Gasteiger partial charge in [0, 0.05) is 38.9 Å². The van der Waals surface area contributed by atoms with E-state index in [0.29, 0.717) is 12.1 Å². The molecule has 4 heteroatoms. The van der Waals surface area contributed by atoms with Gasteiger partial charge in [0.2, 0.25) is 0 Å². The van der Waals surface area contributed by atoms with E-state index in [9.17, 15) is 0 Å². The zero-order valence-corrected chi connectivity index (χ0v) is 15.4. The van der Waals surface area contributed by atoms with Crippen molar-refractivity contribution in [2.45, 2.75) is 20.3 Å². The molecular weight excluding hydrogens is 462 g/mol. The van der Waals surface area contributed by atoms with E-state index in [2.05, 4.69) is 52.5 Å². The van der Waals surface area contributed by atoms with E-state index in [1.54, 1.807) is 12.1 Å². The van der Waals surface area contributed by atoms with E-state index in [1.165, 1.54) is 16.8 Å². The molecule has 0 unspecified atom stereocenters. The summed E-state index contributed by atoms with van der Waals surface area (Å²) in [6.07, 6.45) is 4.47. The average Bonchev–Trinajstić information content (AvgIpc) is 2.95. The fourth-order valence-corrected chi connectivity index (χ4v) is 2.70. The van der Waals surface area contributed by atoms with E-state index < -0.39 is 0 Å². The van der Waals surface area contributed by atoms with Crippen LogP contribution in [0.4, 0.5) is 5.69 Å². The van der Waals surface area contributed by atoms with Crippen LogP contribution in [0.3, 0.4) is 0 Å². The van der Waals surface area contributed by atoms with Gasteiger partial charge in [0.1, 0.15) is 5.82 Å². The molecule has 0 N–H and O–H groups in total.